The monoisotopic (exact) mass is 527 g/mol. The van der Waals surface area contributed by atoms with Crippen LogP contribution in [0.3, 0.4) is 0 Å². The van der Waals surface area contributed by atoms with Crippen LogP contribution in [0.5, 0.6) is 0 Å². The summed E-state index contributed by atoms with van der Waals surface area (Å²) in [5, 5.41) is 2.43. The first-order valence-corrected chi connectivity index (χ1v) is 13.7. The van der Waals surface area contributed by atoms with Gasteiger partial charge in [0.1, 0.15) is 5.82 Å². The number of fused-ring (bicyclic) bond motifs is 4. The van der Waals surface area contributed by atoms with Gasteiger partial charge in [0.15, 0.2) is 0 Å². The Morgan fingerprint density at radius 3 is 2.27 bits per heavy atom. The van der Waals surface area contributed by atoms with E-state index in [1.165, 1.54) is 10.8 Å². The molecule has 0 aliphatic carbocycles. The van der Waals surface area contributed by atoms with E-state index < -0.39 is 0 Å². The standard InChI is InChI=1S/C36H25N5/c1-40-33-16-5-3-14-31(33)39-36(40)25-17-18-30-29-12-2-4-15-32(29)41(34(30)22-25)27-11-6-9-24(21-27)35-28(13-8-20-38-35)26-10-7-19-37-23-26/h2-23H,1H3. The Morgan fingerprint density at radius 1 is 0.585 bits per heavy atom. The van der Waals surface area contributed by atoms with Gasteiger partial charge in [-0.2, -0.15) is 0 Å². The molecule has 4 aromatic heterocycles. The van der Waals surface area contributed by atoms with E-state index in [-0.39, 0.29) is 0 Å². The van der Waals surface area contributed by atoms with Crippen LogP contribution in [0.2, 0.25) is 0 Å². The molecule has 41 heavy (non-hydrogen) atoms. The normalized spacial score (nSPS) is 11.5. The third-order valence-corrected chi connectivity index (χ3v) is 7.88. The number of aryl methyl sites for hydroxylation is 1. The highest BCUT2D eigenvalue weighted by Crippen LogP contribution is 2.37. The molecule has 0 saturated heterocycles. The number of hydrogen-bond acceptors (Lipinski definition) is 3. The largest absolute Gasteiger partial charge is 0.327 e. The second-order valence-electron chi connectivity index (χ2n) is 10.3. The molecule has 0 atom stereocenters. The van der Waals surface area contributed by atoms with Crippen molar-refractivity contribution in [3.63, 3.8) is 0 Å². The van der Waals surface area contributed by atoms with Crippen molar-refractivity contribution in [2.24, 2.45) is 7.05 Å². The van der Waals surface area contributed by atoms with Crippen LogP contribution in [0.25, 0.3) is 72.3 Å². The first kappa shape index (κ1) is 23.3. The Balaban J connectivity index is 1.35. The molecule has 0 aliphatic heterocycles. The molecule has 0 fully saturated rings. The predicted molar refractivity (Wildman–Crippen MR) is 167 cm³/mol. The molecule has 5 heteroatoms. The zero-order chi connectivity index (χ0) is 27.3. The minimum absolute atomic E-state index is 0.934. The van der Waals surface area contributed by atoms with Gasteiger partial charge in [0.2, 0.25) is 0 Å². The fourth-order valence-electron chi connectivity index (χ4n) is 5.97. The van der Waals surface area contributed by atoms with Crippen LogP contribution in [0.15, 0.2) is 134 Å². The van der Waals surface area contributed by atoms with Crippen LogP contribution in [-0.2, 0) is 7.05 Å². The Hall–Kier alpha value is -5.55. The SMILES string of the molecule is Cn1c(-c2ccc3c4ccccc4n(-c4cccc(-c5ncccc5-c5cccnc5)c4)c3c2)nc2ccccc21. The van der Waals surface area contributed by atoms with Crippen LogP contribution in [0, 0.1) is 0 Å². The van der Waals surface area contributed by atoms with E-state index in [4.69, 9.17) is 9.97 Å². The van der Waals surface area contributed by atoms with Crippen molar-refractivity contribution >= 4 is 32.8 Å². The molecule has 4 aromatic carbocycles. The van der Waals surface area contributed by atoms with Crippen molar-refractivity contribution < 1.29 is 0 Å². The van der Waals surface area contributed by atoms with Crippen molar-refractivity contribution in [3.05, 3.63) is 134 Å². The van der Waals surface area contributed by atoms with Gasteiger partial charge in [-0.05, 0) is 48.5 Å². The average Bonchev–Trinajstić information content (AvgIpc) is 3.56. The molecule has 8 aromatic rings. The van der Waals surface area contributed by atoms with E-state index in [0.29, 0.717) is 0 Å². The van der Waals surface area contributed by atoms with Crippen molar-refractivity contribution in [2.45, 2.75) is 0 Å². The van der Waals surface area contributed by atoms with Crippen molar-refractivity contribution in [1.82, 2.24) is 24.1 Å². The molecule has 0 radical (unpaired) electrons. The number of rotatable bonds is 4. The Bertz CT molecular complexity index is 2220. The fraction of sp³-hybridized carbons (Fsp3) is 0.0278. The topological polar surface area (TPSA) is 48.5 Å². The minimum atomic E-state index is 0.934. The minimum Gasteiger partial charge on any atom is -0.327 e. The molecule has 0 unspecified atom stereocenters. The Morgan fingerprint density at radius 2 is 1.39 bits per heavy atom. The highest BCUT2D eigenvalue weighted by molar-refractivity contribution is 6.10. The van der Waals surface area contributed by atoms with Crippen molar-refractivity contribution in [1.29, 1.82) is 0 Å². The molecule has 8 rings (SSSR count). The summed E-state index contributed by atoms with van der Waals surface area (Å²) >= 11 is 0. The van der Waals surface area contributed by atoms with Gasteiger partial charge < -0.3 is 9.13 Å². The van der Waals surface area contributed by atoms with Crippen LogP contribution < -0.4 is 0 Å². The summed E-state index contributed by atoms with van der Waals surface area (Å²) in [4.78, 5) is 14.1. The van der Waals surface area contributed by atoms with Crippen LogP contribution in [0.4, 0.5) is 0 Å². The maximum Gasteiger partial charge on any atom is 0.140 e. The van der Waals surface area contributed by atoms with E-state index in [9.17, 15) is 0 Å². The first-order valence-electron chi connectivity index (χ1n) is 13.7. The number of benzene rings is 4. The van der Waals surface area contributed by atoms with Crippen molar-refractivity contribution in [3.8, 4) is 39.5 Å². The summed E-state index contributed by atoms with van der Waals surface area (Å²) in [5.41, 5.74) is 10.7. The summed E-state index contributed by atoms with van der Waals surface area (Å²) < 4.78 is 4.53. The Kier molecular flexibility index (Phi) is 5.28. The third kappa shape index (κ3) is 3.74. The molecule has 0 N–H and O–H groups in total. The lowest BCUT2D eigenvalue weighted by Crippen LogP contribution is -1.97. The number of imidazole rings is 1. The molecular formula is C36H25N5. The van der Waals surface area contributed by atoms with E-state index >= 15 is 0 Å². The summed E-state index contributed by atoms with van der Waals surface area (Å²) in [5.74, 6) is 0.952. The van der Waals surface area contributed by atoms with Crippen LogP contribution >= 0.6 is 0 Å². The third-order valence-electron chi connectivity index (χ3n) is 7.88. The van der Waals surface area contributed by atoms with Gasteiger partial charge >= 0.3 is 0 Å². The molecule has 194 valence electrons. The van der Waals surface area contributed by atoms with Gasteiger partial charge in [0.05, 0.1) is 27.8 Å². The average molecular weight is 528 g/mol. The molecule has 0 bridgehead atoms. The maximum absolute atomic E-state index is 4.98. The molecule has 4 heterocycles. The van der Waals surface area contributed by atoms with E-state index in [0.717, 1.165) is 61.5 Å². The maximum atomic E-state index is 4.98. The predicted octanol–water partition coefficient (Wildman–Crippen LogP) is 8.46. The highest BCUT2D eigenvalue weighted by Gasteiger charge is 2.17. The molecular weight excluding hydrogens is 502 g/mol. The van der Waals surface area contributed by atoms with Gasteiger partial charge in [-0.3, -0.25) is 9.97 Å². The number of hydrogen-bond donors (Lipinski definition) is 0. The van der Waals surface area contributed by atoms with E-state index in [1.54, 1.807) is 6.20 Å². The number of aromatic nitrogens is 5. The van der Waals surface area contributed by atoms with E-state index in [1.807, 2.05) is 30.6 Å². The fourth-order valence-corrected chi connectivity index (χ4v) is 5.97. The zero-order valence-electron chi connectivity index (χ0n) is 22.4. The molecule has 0 amide bonds. The smallest absolute Gasteiger partial charge is 0.140 e. The number of pyridine rings is 2. The van der Waals surface area contributed by atoms with Crippen molar-refractivity contribution in [2.75, 3.05) is 0 Å². The van der Waals surface area contributed by atoms with Gasteiger partial charge in [0.25, 0.3) is 0 Å². The zero-order valence-corrected chi connectivity index (χ0v) is 22.4. The summed E-state index contributed by atoms with van der Waals surface area (Å²) in [6.07, 6.45) is 5.54. The van der Waals surface area contributed by atoms with Gasteiger partial charge in [0, 0.05) is 64.4 Å². The lowest BCUT2D eigenvalue weighted by Gasteiger charge is -2.13. The number of para-hydroxylation sites is 3. The van der Waals surface area contributed by atoms with Gasteiger partial charge in [-0.1, -0.05) is 66.7 Å². The second-order valence-corrected chi connectivity index (χ2v) is 10.3. The summed E-state index contributed by atoms with van der Waals surface area (Å²) in [6, 6.07) is 40.3. The summed E-state index contributed by atoms with van der Waals surface area (Å²) in [6.45, 7) is 0. The van der Waals surface area contributed by atoms with Gasteiger partial charge in [-0.25, -0.2) is 4.98 Å². The Labute approximate surface area is 237 Å². The van der Waals surface area contributed by atoms with Gasteiger partial charge in [-0.15, -0.1) is 0 Å². The van der Waals surface area contributed by atoms with E-state index in [2.05, 4.69) is 118 Å². The second kappa shape index (κ2) is 9.28. The lowest BCUT2D eigenvalue weighted by molar-refractivity contribution is 0.959. The summed E-state index contributed by atoms with van der Waals surface area (Å²) in [7, 11) is 2.08. The first-order chi connectivity index (χ1) is 20.3. The molecule has 0 aliphatic rings. The van der Waals surface area contributed by atoms with Crippen LogP contribution in [0.1, 0.15) is 0 Å². The highest BCUT2D eigenvalue weighted by atomic mass is 15.1. The molecule has 5 nitrogen and oxygen atoms in total. The quantitative estimate of drug-likeness (QED) is 0.231. The molecule has 0 saturated carbocycles. The molecule has 0 spiro atoms. The van der Waals surface area contributed by atoms with Crippen LogP contribution in [-0.4, -0.2) is 24.1 Å². The number of nitrogens with zero attached hydrogens (tertiary/aromatic N) is 5. The lowest BCUT2D eigenvalue weighted by atomic mass is 10.0.